The molecule has 5 heteroatoms. The quantitative estimate of drug-likeness (QED) is 0.672. The van der Waals surface area contributed by atoms with E-state index < -0.39 is 11.4 Å². The summed E-state index contributed by atoms with van der Waals surface area (Å²) in [5, 5.41) is 9.78. The van der Waals surface area contributed by atoms with Gasteiger partial charge in [0.2, 0.25) is 0 Å². The van der Waals surface area contributed by atoms with Crippen LogP contribution in [0, 0.1) is 24.1 Å². The number of nitrogens with zero attached hydrogens (tertiary/aromatic N) is 1. The van der Waals surface area contributed by atoms with Gasteiger partial charge in [-0.3, -0.25) is 0 Å². The number of ether oxygens (including phenoxy) is 1. The van der Waals surface area contributed by atoms with E-state index in [1.807, 2.05) is 0 Å². The van der Waals surface area contributed by atoms with Gasteiger partial charge in [-0.1, -0.05) is 6.07 Å². The predicted octanol–water partition coefficient (Wildman–Crippen LogP) is 3.90. The van der Waals surface area contributed by atoms with Crippen LogP contribution in [0.4, 0.5) is 4.39 Å². The highest BCUT2D eigenvalue weighted by Crippen LogP contribution is 2.29. The van der Waals surface area contributed by atoms with E-state index in [-0.39, 0.29) is 11.3 Å². The third kappa shape index (κ3) is 2.42. The van der Waals surface area contributed by atoms with Gasteiger partial charge in [0.25, 0.3) is 0 Å². The zero-order chi connectivity index (χ0) is 15.7. The molecule has 108 valence electrons. The zero-order valence-corrected chi connectivity index (χ0v) is 11.6. The van der Waals surface area contributed by atoms with Crippen LogP contribution >= 0.6 is 0 Å². The Labute approximate surface area is 125 Å². The summed E-state index contributed by atoms with van der Waals surface area (Å²) in [5.41, 5.74) is 0.539. The minimum Gasteiger partial charge on any atom is -0.456 e. The number of rotatable bonds is 2. The summed E-state index contributed by atoms with van der Waals surface area (Å²) in [6.45, 7) is 1.81. The Balaban J connectivity index is 2.07. The van der Waals surface area contributed by atoms with Crippen molar-refractivity contribution in [2.45, 2.75) is 6.92 Å². The molecule has 1 aromatic heterocycles. The van der Waals surface area contributed by atoms with E-state index in [9.17, 15) is 9.18 Å². The molecule has 0 N–H and O–H groups in total. The third-order valence-corrected chi connectivity index (χ3v) is 3.24. The maximum Gasteiger partial charge on any atom is 0.336 e. The lowest BCUT2D eigenvalue weighted by atomic mass is 10.1. The van der Waals surface area contributed by atoms with Crippen molar-refractivity contribution >= 4 is 11.0 Å². The predicted molar refractivity (Wildman–Crippen MR) is 78.4 cm³/mol. The number of fused-ring (bicyclic) bond motifs is 1. The number of aryl methyl sites for hydroxylation is 1. The Morgan fingerprint density at radius 1 is 1.23 bits per heavy atom. The first kappa shape index (κ1) is 13.8. The molecular formula is C17H10FNO3. The Morgan fingerprint density at radius 2 is 2.05 bits per heavy atom. The van der Waals surface area contributed by atoms with Gasteiger partial charge in [-0.05, 0) is 36.8 Å². The summed E-state index contributed by atoms with van der Waals surface area (Å²) in [6.07, 6.45) is 0. The van der Waals surface area contributed by atoms with Crippen LogP contribution in [0.3, 0.4) is 0 Å². The number of nitriles is 1. The van der Waals surface area contributed by atoms with Crippen molar-refractivity contribution in [2.24, 2.45) is 0 Å². The lowest BCUT2D eigenvalue weighted by Gasteiger charge is -2.08. The Kier molecular flexibility index (Phi) is 3.36. The summed E-state index contributed by atoms with van der Waals surface area (Å²) in [6, 6.07) is 12.3. The van der Waals surface area contributed by atoms with Gasteiger partial charge in [0, 0.05) is 17.5 Å². The molecule has 4 nitrogen and oxygen atoms in total. The van der Waals surface area contributed by atoms with Crippen molar-refractivity contribution in [1.82, 2.24) is 0 Å². The number of benzene rings is 2. The van der Waals surface area contributed by atoms with E-state index in [0.717, 1.165) is 10.9 Å². The van der Waals surface area contributed by atoms with Crippen LogP contribution in [-0.2, 0) is 0 Å². The normalized spacial score (nSPS) is 10.4. The SMILES string of the molecule is Cc1cc(=O)oc2cc(Oc3cccc(F)c3C#N)ccc12. The molecule has 1 heterocycles. The number of halogens is 1. The second kappa shape index (κ2) is 5.34. The van der Waals surface area contributed by atoms with Crippen molar-refractivity contribution in [3.63, 3.8) is 0 Å². The molecule has 0 unspecified atom stereocenters. The molecule has 3 aromatic rings. The van der Waals surface area contributed by atoms with Gasteiger partial charge in [0.05, 0.1) is 0 Å². The second-order valence-electron chi connectivity index (χ2n) is 4.73. The second-order valence-corrected chi connectivity index (χ2v) is 4.73. The maximum absolute atomic E-state index is 13.5. The van der Waals surface area contributed by atoms with Crippen LogP contribution in [0.15, 0.2) is 51.7 Å². The van der Waals surface area contributed by atoms with Crippen LogP contribution in [-0.4, -0.2) is 0 Å². The zero-order valence-electron chi connectivity index (χ0n) is 11.6. The molecule has 0 aliphatic carbocycles. The van der Waals surface area contributed by atoms with E-state index in [2.05, 4.69) is 0 Å². The van der Waals surface area contributed by atoms with Crippen molar-refractivity contribution < 1.29 is 13.5 Å². The lowest BCUT2D eigenvalue weighted by molar-refractivity contribution is 0.472. The van der Waals surface area contributed by atoms with Gasteiger partial charge in [-0.25, -0.2) is 9.18 Å². The highest BCUT2D eigenvalue weighted by Gasteiger charge is 2.11. The molecule has 0 saturated heterocycles. The first-order valence-corrected chi connectivity index (χ1v) is 6.49. The molecule has 3 rings (SSSR count). The van der Waals surface area contributed by atoms with Crippen LogP contribution < -0.4 is 10.4 Å². The Morgan fingerprint density at radius 3 is 2.82 bits per heavy atom. The van der Waals surface area contributed by atoms with Crippen LogP contribution in [0.5, 0.6) is 11.5 Å². The number of hydrogen-bond donors (Lipinski definition) is 0. The van der Waals surface area contributed by atoms with E-state index in [1.54, 1.807) is 25.1 Å². The van der Waals surface area contributed by atoms with Gasteiger partial charge >= 0.3 is 5.63 Å². The standard InChI is InChI=1S/C17H10FNO3/c1-10-7-17(20)22-16-8-11(5-6-12(10)16)21-15-4-2-3-14(18)13(15)9-19/h2-8H,1H3. The third-order valence-electron chi connectivity index (χ3n) is 3.24. The molecule has 0 bridgehead atoms. The molecule has 2 aromatic carbocycles. The average molecular weight is 295 g/mol. The van der Waals surface area contributed by atoms with Crippen molar-refractivity contribution in [3.8, 4) is 17.6 Å². The van der Waals surface area contributed by atoms with E-state index >= 15 is 0 Å². The largest absolute Gasteiger partial charge is 0.456 e. The van der Waals surface area contributed by atoms with Gasteiger partial charge in [0.1, 0.15) is 34.5 Å². The van der Waals surface area contributed by atoms with Crippen LogP contribution in [0.1, 0.15) is 11.1 Å². The van der Waals surface area contributed by atoms with Crippen molar-refractivity contribution in [3.05, 3.63) is 69.8 Å². The molecule has 22 heavy (non-hydrogen) atoms. The minimum absolute atomic E-state index is 0.108. The fraction of sp³-hybridized carbons (Fsp3) is 0.0588. The molecule has 0 radical (unpaired) electrons. The molecule has 0 amide bonds. The molecule has 0 aliphatic heterocycles. The highest BCUT2D eigenvalue weighted by molar-refractivity contribution is 5.81. The van der Waals surface area contributed by atoms with Crippen LogP contribution in [0.25, 0.3) is 11.0 Å². The van der Waals surface area contributed by atoms with Gasteiger partial charge in [0.15, 0.2) is 0 Å². The molecule has 0 saturated carbocycles. The van der Waals surface area contributed by atoms with E-state index in [0.29, 0.717) is 11.3 Å². The first-order valence-electron chi connectivity index (χ1n) is 6.49. The lowest BCUT2D eigenvalue weighted by Crippen LogP contribution is -1.98. The fourth-order valence-electron chi connectivity index (χ4n) is 2.19. The molecule has 0 spiro atoms. The molecule has 0 aliphatic rings. The Bertz CT molecular complexity index is 970. The summed E-state index contributed by atoms with van der Waals surface area (Å²) >= 11 is 0. The van der Waals surface area contributed by atoms with Crippen molar-refractivity contribution in [2.75, 3.05) is 0 Å². The average Bonchev–Trinajstić information content (AvgIpc) is 2.47. The first-order chi connectivity index (χ1) is 10.6. The van der Waals surface area contributed by atoms with E-state index in [4.69, 9.17) is 14.4 Å². The summed E-state index contributed by atoms with van der Waals surface area (Å²) in [5.74, 6) is -0.191. The van der Waals surface area contributed by atoms with Gasteiger partial charge in [-0.15, -0.1) is 0 Å². The topological polar surface area (TPSA) is 63.2 Å². The van der Waals surface area contributed by atoms with Crippen molar-refractivity contribution in [1.29, 1.82) is 5.26 Å². The monoisotopic (exact) mass is 295 g/mol. The van der Waals surface area contributed by atoms with Crippen LogP contribution in [0.2, 0.25) is 0 Å². The smallest absolute Gasteiger partial charge is 0.336 e. The highest BCUT2D eigenvalue weighted by atomic mass is 19.1. The Hall–Kier alpha value is -3.13. The molecular weight excluding hydrogens is 285 g/mol. The summed E-state index contributed by atoms with van der Waals surface area (Å²) in [7, 11) is 0. The minimum atomic E-state index is -0.650. The maximum atomic E-state index is 13.5. The summed E-state index contributed by atoms with van der Waals surface area (Å²) < 4.78 is 24.2. The molecule has 0 atom stereocenters. The van der Waals surface area contributed by atoms with Gasteiger partial charge in [-0.2, -0.15) is 5.26 Å². The molecule has 0 fully saturated rings. The number of hydrogen-bond acceptors (Lipinski definition) is 4. The van der Waals surface area contributed by atoms with Gasteiger partial charge < -0.3 is 9.15 Å². The summed E-state index contributed by atoms with van der Waals surface area (Å²) in [4.78, 5) is 11.4. The fourth-order valence-corrected chi connectivity index (χ4v) is 2.19. The van der Waals surface area contributed by atoms with E-state index in [1.165, 1.54) is 30.3 Å².